The minimum Gasteiger partial charge on any atom is -0.325 e. The van der Waals surface area contributed by atoms with Crippen molar-refractivity contribution >= 4 is 34.2 Å². The molecule has 5 rings (SSSR count). The molecular formula is C22H22N2O3. The number of likely N-dealkylation sites (tertiary alicyclic amines) is 1. The third-order valence-corrected chi connectivity index (χ3v) is 6.64. The Hall–Kier alpha value is -2.69. The van der Waals surface area contributed by atoms with E-state index >= 15 is 0 Å². The molecule has 5 heteroatoms. The van der Waals surface area contributed by atoms with Crippen molar-refractivity contribution < 1.29 is 14.4 Å². The second kappa shape index (κ2) is 6.19. The van der Waals surface area contributed by atoms with Gasteiger partial charge in [-0.25, -0.2) is 0 Å². The Kier molecular flexibility index (Phi) is 3.78. The van der Waals surface area contributed by atoms with Crippen molar-refractivity contribution in [3.05, 3.63) is 42.5 Å². The highest BCUT2D eigenvalue weighted by atomic mass is 16.2. The van der Waals surface area contributed by atoms with Crippen LogP contribution in [0.25, 0.3) is 10.8 Å². The van der Waals surface area contributed by atoms with Crippen molar-refractivity contribution in [1.29, 1.82) is 0 Å². The average molecular weight is 362 g/mol. The number of amides is 3. The molecule has 2 aromatic rings. The van der Waals surface area contributed by atoms with Crippen molar-refractivity contribution in [2.24, 2.45) is 23.7 Å². The van der Waals surface area contributed by atoms with Gasteiger partial charge in [0.25, 0.3) is 0 Å². The predicted octanol–water partition coefficient (Wildman–Crippen LogP) is 3.20. The number of hydrogen-bond acceptors (Lipinski definition) is 3. The summed E-state index contributed by atoms with van der Waals surface area (Å²) in [6, 6.07) is 13.6. The Morgan fingerprint density at radius 1 is 0.963 bits per heavy atom. The summed E-state index contributed by atoms with van der Waals surface area (Å²) in [4.78, 5) is 39.2. The number of rotatable bonds is 4. The monoisotopic (exact) mass is 362 g/mol. The van der Waals surface area contributed by atoms with Crippen LogP contribution < -0.4 is 5.32 Å². The number of anilines is 1. The fourth-order valence-corrected chi connectivity index (χ4v) is 5.45. The van der Waals surface area contributed by atoms with Crippen molar-refractivity contribution in [3.63, 3.8) is 0 Å². The lowest BCUT2D eigenvalue weighted by atomic mass is 9.81. The molecule has 3 aliphatic rings. The van der Waals surface area contributed by atoms with Crippen LogP contribution in [0.2, 0.25) is 0 Å². The van der Waals surface area contributed by atoms with Crippen LogP contribution in [0, 0.1) is 23.7 Å². The topological polar surface area (TPSA) is 66.5 Å². The van der Waals surface area contributed by atoms with Crippen LogP contribution in [0.1, 0.15) is 25.7 Å². The van der Waals surface area contributed by atoms with E-state index in [9.17, 15) is 14.4 Å². The van der Waals surface area contributed by atoms with E-state index in [1.54, 1.807) is 0 Å². The van der Waals surface area contributed by atoms with Crippen LogP contribution in [-0.4, -0.2) is 29.2 Å². The Morgan fingerprint density at radius 2 is 1.63 bits per heavy atom. The fraction of sp³-hybridized carbons (Fsp3) is 0.409. The van der Waals surface area contributed by atoms with Gasteiger partial charge in [0.1, 0.15) is 0 Å². The van der Waals surface area contributed by atoms with E-state index < -0.39 is 0 Å². The van der Waals surface area contributed by atoms with E-state index in [1.165, 1.54) is 4.90 Å². The molecule has 2 aliphatic carbocycles. The molecule has 0 radical (unpaired) electrons. The van der Waals surface area contributed by atoms with E-state index in [1.807, 2.05) is 42.5 Å². The van der Waals surface area contributed by atoms with Gasteiger partial charge in [-0.15, -0.1) is 0 Å². The molecule has 27 heavy (non-hydrogen) atoms. The molecule has 5 nitrogen and oxygen atoms in total. The van der Waals surface area contributed by atoms with Gasteiger partial charge in [-0.1, -0.05) is 36.4 Å². The summed E-state index contributed by atoms with van der Waals surface area (Å²) in [6.45, 7) is 0.181. The van der Waals surface area contributed by atoms with E-state index in [2.05, 4.69) is 5.32 Å². The molecule has 1 aliphatic heterocycles. The first kappa shape index (κ1) is 16.5. The molecule has 3 amide bonds. The molecule has 1 heterocycles. The van der Waals surface area contributed by atoms with Crippen LogP contribution in [0.3, 0.4) is 0 Å². The Bertz CT molecular complexity index is 920. The Labute approximate surface area is 157 Å². The van der Waals surface area contributed by atoms with Crippen LogP contribution in [0.5, 0.6) is 0 Å². The van der Waals surface area contributed by atoms with Crippen molar-refractivity contribution in [2.75, 3.05) is 11.9 Å². The lowest BCUT2D eigenvalue weighted by Crippen LogP contribution is -2.35. The standard InChI is InChI=1S/C22H22N2O3/c25-18(23-17-7-3-5-13-4-1-2-6-16(13)17)10-11-24-21(26)19-14-8-9-15(12-14)20(19)22(24)27/h1-7,14-15,19-20H,8-12H2,(H,23,25)/t14-,15+,19-,20-/m0/s1. The summed E-state index contributed by atoms with van der Waals surface area (Å²) in [6.07, 6.45) is 3.30. The summed E-state index contributed by atoms with van der Waals surface area (Å²) in [5, 5.41) is 4.97. The van der Waals surface area contributed by atoms with Gasteiger partial charge in [-0.05, 0) is 42.6 Å². The SMILES string of the molecule is O=C(CCN1C(=O)[C@H]2[C@@H]3CC[C@@H](C3)[C@@H]2C1=O)Nc1cccc2ccccc12. The molecule has 0 aromatic heterocycles. The number of benzene rings is 2. The smallest absolute Gasteiger partial charge is 0.233 e. The van der Waals surface area contributed by atoms with Crippen molar-refractivity contribution in [2.45, 2.75) is 25.7 Å². The van der Waals surface area contributed by atoms with Gasteiger partial charge in [-0.3, -0.25) is 19.3 Å². The number of carbonyl (C=O) groups excluding carboxylic acids is 3. The van der Waals surface area contributed by atoms with Crippen LogP contribution in [-0.2, 0) is 14.4 Å². The van der Waals surface area contributed by atoms with E-state index in [0.717, 1.165) is 35.7 Å². The zero-order chi connectivity index (χ0) is 18.5. The van der Waals surface area contributed by atoms with Gasteiger partial charge < -0.3 is 5.32 Å². The molecular weight excluding hydrogens is 340 g/mol. The predicted molar refractivity (Wildman–Crippen MR) is 102 cm³/mol. The molecule has 0 unspecified atom stereocenters. The number of fused-ring (bicyclic) bond motifs is 6. The van der Waals surface area contributed by atoms with Gasteiger partial charge in [0, 0.05) is 24.0 Å². The molecule has 1 N–H and O–H groups in total. The van der Waals surface area contributed by atoms with Gasteiger partial charge in [0.15, 0.2) is 0 Å². The van der Waals surface area contributed by atoms with Crippen LogP contribution in [0.4, 0.5) is 5.69 Å². The summed E-state index contributed by atoms with van der Waals surface area (Å²) in [7, 11) is 0. The Morgan fingerprint density at radius 3 is 2.37 bits per heavy atom. The number of nitrogens with zero attached hydrogens (tertiary/aromatic N) is 1. The molecule has 4 atom stereocenters. The van der Waals surface area contributed by atoms with Gasteiger partial charge in [0.05, 0.1) is 11.8 Å². The molecule has 1 saturated heterocycles. The summed E-state index contributed by atoms with van der Waals surface area (Å²) < 4.78 is 0. The maximum Gasteiger partial charge on any atom is 0.233 e. The molecule has 2 bridgehead atoms. The molecule has 0 spiro atoms. The zero-order valence-electron chi connectivity index (χ0n) is 15.1. The number of hydrogen-bond donors (Lipinski definition) is 1. The van der Waals surface area contributed by atoms with Gasteiger partial charge in [0.2, 0.25) is 17.7 Å². The summed E-state index contributed by atoms with van der Waals surface area (Å²) in [5.74, 6) is 0.268. The van der Waals surface area contributed by atoms with E-state index in [-0.39, 0.29) is 42.5 Å². The highest BCUT2D eigenvalue weighted by Crippen LogP contribution is 2.56. The van der Waals surface area contributed by atoms with Crippen molar-refractivity contribution in [1.82, 2.24) is 4.90 Å². The first-order valence-corrected chi connectivity index (χ1v) is 9.76. The second-order valence-electron chi connectivity index (χ2n) is 8.04. The highest BCUT2D eigenvalue weighted by molar-refractivity contribution is 6.07. The first-order chi connectivity index (χ1) is 13.1. The van der Waals surface area contributed by atoms with Gasteiger partial charge in [-0.2, -0.15) is 0 Å². The lowest BCUT2D eigenvalue weighted by molar-refractivity contribution is -0.140. The molecule has 2 saturated carbocycles. The van der Waals surface area contributed by atoms with E-state index in [0.29, 0.717) is 11.8 Å². The maximum atomic E-state index is 12.7. The Balaban J connectivity index is 1.26. The largest absolute Gasteiger partial charge is 0.325 e. The molecule has 2 aromatic carbocycles. The molecule has 138 valence electrons. The average Bonchev–Trinajstić information content (AvgIpc) is 3.35. The minimum atomic E-state index is -0.174. The van der Waals surface area contributed by atoms with Gasteiger partial charge >= 0.3 is 0 Å². The number of nitrogens with one attached hydrogen (secondary N) is 1. The normalized spacial score (nSPS) is 28.8. The third-order valence-electron chi connectivity index (χ3n) is 6.64. The minimum absolute atomic E-state index is 0.0461. The fourth-order valence-electron chi connectivity index (χ4n) is 5.45. The summed E-state index contributed by atoms with van der Waals surface area (Å²) in [5.41, 5.74) is 0.757. The summed E-state index contributed by atoms with van der Waals surface area (Å²) >= 11 is 0. The zero-order valence-corrected chi connectivity index (χ0v) is 15.1. The number of carbonyl (C=O) groups is 3. The maximum absolute atomic E-state index is 12.7. The van der Waals surface area contributed by atoms with Crippen LogP contribution in [0.15, 0.2) is 42.5 Å². The highest BCUT2D eigenvalue weighted by Gasteiger charge is 2.60. The number of imide groups is 1. The second-order valence-corrected chi connectivity index (χ2v) is 8.04. The molecule has 3 fully saturated rings. The lowest BCUT2D eigenvalue weighted by Gasteiger charge is -2.19. The third kappa shape index (κ3) is 2.56. The first-order valence-electron chi connectivity index (χ1n) is 9.76. The quantitative estimate of drug-likeness (QED) is 0.850. The van der Waals surface area contributed by atoms with Crippen molar-refractivity contribution in [3.8, 4) is 0 Å². The van der Waals surface area contributed by atoms with Crippen LogP contribution >= 0.6 is 0 Å². The van der Waals surface area contributed by atoms with E-state index in [4.69, 9.17) is 0 Å².